The number of aromatic nitrogens is 8. The van der Waals surface area contributed by atoms with Crippen LogP contribution in [-0.4, -0.2) is 39.6 Å². The topological polar surface area (TPSA) is 86.7 Å². The number of nitrogens with zero attached hydrogens (tertiary/aromatic N) is 8. The van der Waals surface area contributed by atoms with Crippen molar-refractivity contribution in [3.05, 3.63) is 30.4 Å². The van der Waals surface area contributed by atoms with Gasteiger partial charge in [0.25, 0.3) is 0 Å². The van der Waals surface area contributed by atoms with Gasteiger partial charge < -0.3 is 0 Å². The molecule has 0 amide bonds. The second kappa shape index (κ2) is 5.75. The highest BCUT2D eigenvalue weighted by molar-refractivity contribution is 7.19. The predicted octanol–water partition coefficient (Wildman–Crippen LogP) is 2.24. The molecule has 0 saturated heterocycles. The van der Waals surface area contributed by atoms with Crippen molar-refractivity contribution in [3.63, 3.8) is 0 Å². The van der Waals surface area contributed by atoms with E-state index in [1.807, 2.05) is 11.7 Å². The fourth-order valence-electron chi connectivity index (χ4n) is 2.54. The van der Waals surface area contributed by atoms with Gasteiger partial charge in [0.1, 0.15) is 11.4 Å². The molecule has 4 aromatic heterocycles. The molecule has 4 heterocycles. The van der Waals surface area contributed by atoms with Gasteiger partial charge in [0, 0.05) is 19.4 Å². The van der Waals surface area contributed by atoms with Gasteiger partial charge in [-0.3, -0.25) is 14.6 Å². The monoisotopic (exact) mass is 340 g/mol. The van der Waals surface area contributed by atoms with E-state index in [2.05, 4.69) is 50.3 Å². The molecule has 0 atom stereocenters. The molecule has 122 valence electrons. The highest BCUT2D eigenvalue weighted by Crippen LogP contribution is 2.26. The van der Waals surface area contributed by atoms with Crippen LogP contribution in [0.25, 0.3) is 27.2 Å². The molecule has 0 fully saturated rings. The lowest BCUT2D eigenvalue weighted by atomic mass is 10.1. The van der Waals surface area contributed by atoms with Gasteiger partial charge in [-0.15, -0.1) is 10.2 Å². The number of fused-ring (bicyclic) bond motifs is 1. The van der Waals surface area contributed by atoms with E-state index in [1.165, 1.54) is 11.3 Å². The van der Waals surface area contributed by atoms with Gasteiger partial charge in [-0.2, -0.15) is 14.7 Å². The minimum absolute atomic E-state index is 0.550. The molecule has 0 aliphatic carbocycles. The van der Waals surface area contributed by atoms with Gasteiger partial charge in [-0.25, -0.2) is 0 Å². The smallest absolute Gasteiger partial charge is 0.235 e. The third-order valence-electron chi connectivity index (χ3n) is 3.55. The second-order valence-corrected chi connectivity index (χ2v) is 6.91. The molecule has 9 heteroatoms. The summed E-state index contributed by atoms with van der Waals surface area (Å²) in [6.07, 6.45) is 5.91. The van der Waals surface area contributed by atoms with E-state index in [9.17, 15) is 0 Å². The van der Waals surface area contributed by atoms with Gasteiger partial charge >= 0.3 is 0 Å². The summed E-state index contributed by atoms with van der Waals surface area (Å²) in [4.78, 5) is 9.09. The van der Waals surface area contributed by atoms with E-state index in [4.69, 9.17) is 0 Å². The SMILES string of the molecule is CC(C)Cc1cc(-c2nnc3sc(-c4cnccn4)nn23)n(C)n1. The van der Waals surface area contributed by atoms with Crippen molar-refractivity contribution in [2.24, 2.45) is 13.0 Å². The molecule has 0 N–H and O–H groups in total. The molecule has 8 nitrogen and oxygen atoms in total. The van der Waals surface area contributed by atoms with Crippen LogP contribution < -0.4 is 0 Å². The van der Waals surface area contributed by atoms with Crippen LogP contribution in [0.3, 0.4) is 0 Å². The molecule has 0 bridgehead atoms. The third-order valence-corrected chi connectivity index (χ3v) is 4.47. The molecule has 0 aromatic carbocycles. The number of rotatable bonds is 4. The van der Waals surface area contributed by atoms with Gasteiger partial charge in [0.2, 0.25) is 10.8 Å². The Balaban J connectivity index is 1.78. The zero-order valence-electron chi connectivity index (χ0n) is 13.6. The summed E-state index contributed by atoms with van der Waals surface area (Å²) in [6.45, 7) is 4.36. The highest BCUT2D eigenvalue weighted by Gasteiger charge is 2.18. The first-order chi connectivity index (χ1) is 11.6. The van der Waals surface area contributed by atoms with Crippen LogP contribution in [0.2, 0.25) is 0 Å². The summed E-state index contributed by atoms with van der Waals surface area (Å²) >= 11 is 1.44. The summed E-state index contributed by atoms with van der Waals surface area (Å²) in [5.74, 6) is 1.23. The standard InChI is InChI=1S/C15H16N8S/c1-9(2)6-10-7-12(22(3)20-10)13-18-19-15-23(13)21-14(24-15)11-8-16-4-5-17-11/h4-5,7-9H,6H2,1-3H3. The lowest BCUT2D eigenvalue weighted by Gasteiger charge is -1.98. The van der Waals surface area contributed by atoms with Gasteiger partial charge in [0.15, 0.2) is 5.01 Å². The first-order valence-corrected chi connectivity index (χ1v) is 8.45. The van der Waals surface area contributed by atoms with E-state index in [0.717, 1.165) is 33.5 Å². The molecule has 0 radical (unpaired) electrons. The Morgan fingerprint density at radius 1 is 1.17 bits per heavy atom. The normalized spacial score (nSPS) is 11.7. The Bertz CT molecular complexity index is 982. The summed E-state index contributed by atoms with van der Waals surface area (Å²) < 4.78 is 3.57. The van der Waals surface area contributed by atoms with E-state index in [-0.39, 0.29) is 0 Å². The van der Waals surface area contributed by atoms with Crippen LogP contribution in [-0.2, 0) is 13.5 Å². The fraction of sp³-hybridized carbons (Fsp3) is 0.333. The Hall–Kier alpha value is -2.68. The van der Waals surface area contributed by atoms with Crippen molar-refractivity contribution < 1.29 is 0 Å². The molecular formula is C15H16N8S. The van der Waals surface area contributed by atoms with Crippen LogP contribution in [0.4, 0.5) is 0 Å². The van der Waals surface area contributed by atoms with Crippen LogP contribution in [0.1, 0.15) is 19.5 Å². The summed E-state index contributed by atoms with van der Waals surface area (Å²) in [6, 6.07) is 2.05. The molecule has 4 aromatic rings. The second-order valence-electron chi connectivity index (χ2n) is 5.96. The van der Waals surface area contributed by atoms with E-state index in [1.54, 1.807) is 23.1 Å². The Morgan fingerprint density at radius 2 is 2.04 bits per heavy atom. The van der Waals surface area contributed by atoms with Crippen LogP contribution in [0.15, 0.2) is 24.7 Å². The quantitative estimate of drug-likeness (QED) is 0.566. The largest absolute Gasteiger partial charge is 0.264 e. The first kappa shape index (κ1) is 14.9. The maximum Gasteiger partial charge on any atom is 0.235 e. The maximum atomic E-state index is 4.60. The molecule has 0 aliphatic rings. The van der Waals surface area contributed by atoms with Crippen molar-refractivity contribution >= 4 is 16.3 Å². The summed E-state index contributed by atoms with van der Waals surface area (Å²) in [5.41, 5.74) is 2.67. The molecule has 0 spiro atoms. The average molecular weight is 340 g/mol. The zero-order valence-corrected chi connectivity index (χ0v) is 14.4. The lowest BCUT2D eigenvalue weighted by molar-refractivity contribution is 0.621. The predicted molar refractivity (Wildman–Crippen MR) is 90.4 cm³/mol. The zero-order chi connectivity index (χ0) is 16.7. The van der Waals surface area contributed by atoms with Crippen molar-refractivity contribution in [3.8, 4) is 22.2 Å². The van der Waals surface area contributed by atoms with Crippen molar-refractivity contribution in [1.82, 2.24) is 39.6 Å². The lowest BCUT2D eigenvalue weighted by Crippen LogP contribution is -1.99. The van der Waals surface area contributed by atoms with Gasteiger partial charge in [-0.1, -0.05) is 25.2 Å². The van der Waals surface area contributed by atoms with Crippen molar-refractivity contribution in [2.75, 3.05) is 0 Å². The van der Waals surface area contributed by atoms with E-state index < -0.39 is 0 Å². The van der Waals surface area contributed by atoms with Crippen molar-refractivity contribution in [2.45, 2.75) is 20.3 Å². The molecule has 0 saturated carbocycles. The number of aryl methyl sites for hydroxylation is 1. The Kier molecular flexibility index (Phi) is 3.57. The fourth-order valence-corrected chi connectivity index (χ4v) is 3.34. The van der Waals surface area contributed by atoms with Crippen LogP contribution in [0.5, 0.6) is 0 Å². The summed E-state index contributed by atoms with van der Waals surface area (Å²) in [5, 5.41) is 18.4. The first-order valence-electron chi connectivity index (χ1n) is 7.63. The molecule has 24 heavy (non-hydrogen) atoms. The van der Waals surface area contributed by atoms with E-state index >= 15 is 0 Å². The molecule has 0 unspecified atom stereocenters. The van der Waals surface area contributed by atoms with Gasteiger partial charge in [-0.05, 0) is 18.4 Å². The number of hydrogen-bond donors (Lipinski definition) is 0. The van der Waals surface area contributed by atoms with Crippen LogP contribution >= 0.6 is 11.3 Å². The van der Waals surface area contributed by atoms with Gasteiger partial charge in [0.05, 0.1) is 11.9 Å². The van der Waals surface area contributed by atoms with E-state index in [0.29, 0.717) is 11.7 Å². The average Bonchev–Trinajstić information content (AvgIpc) is 3.21. The number of hydrogen-bond acceptors (Lipinski definition) is 7. The third kappa shape index (κ3) is 2.56. The maximum absolute atomic E-state index is 4.60. The molecule has 0 aliphatic heterocycles. The minimum atomic E-state index is 0.550. The highest BCUT2D eigenvalue weighted by atomic mass is 32.1. The summed E-state index contributed by atoms with van der Waals surface area (Å²) in [7, 11) is 1.91. The Labute approximate surface area is 142 Å². The minimum Gasteiger partial charge on any atom is -0.264 e. The molecular weight excluding hydrogens is 324 g/mol. The van der Waals surface area contributed by atoms with Crippen LogP contribution in [0, 0.1) is 5.92 Å². The van der Waals surface area contributed by atoms with Crippen molar-refractivity contribution in [1.29, 1.82) is 0 Å². The Morgan fingerprint density at radius 3 is 2.79 bits per heavy atom. The molecule has 4 rings (SSSR count).